The van der Waals surface area contributed by atoms with Crippen LogP contribution in [-0.4, -0.2) is 37.1 Å². The van der Waals surface area contributed by atoms with Crippen LogP contribution >= 0.6 is 0 Å². The highest BCUT2D eigenvalue weighted by molar-refractivity contribution is 5.65. The molecule has 0 N–H and O–H groups in total. The first-order valence-corrected chi connectivity index (χ1v) is 5.08. The molecule has 0 aromatic carbocycles. The first kappa shape index (κ1) is 10.5. The maximum atomic E-state index is 10.6. The van der Waals surface area contributed by atoms with Gasteiger partial charge in [-0.05, 0) is 25.9 Å². The van der Waals surface area contributed by atoms with Crippen molar-refractivity contribution in [1.82, 2.24) is 4.90 Å². The van der Waals surface area contributed by atoms with Crippen LogP contribution in [0.1, 0.15) is 26.7 Å². The van der Waals surface area contributed by atoms with E-state index in [0.29, 0.717) is 12.5 Å². The summed E-state index contributed by atoms with van der Waals surface area (Å²) in [5.41, 5.74) is 0. The second kappa shape index (κ2) is 5.22. The van der Waals surface area contributed by atoms with Crippen LogP contribution in [-0.2, 0) is 9.53 Å². The van der Waals surface area contributed by atoms with Gasteiger partial charge in [0.2, 0.25) is 0 Å². The molecule has 3 nitrogen and oxygen atoms in total. The number of carbonyl (C=O) groups is 1. The van der Waals surface area contributed by atoms with Gasteiger partial charge >= 0.3 is 5.97 Å². The summed E-state index contributed by atoms with van der Waals surface area (Å²) in [5.74, 6) is 0.395. The molecule has 0 radical (unpaired) electrons. The van der Waals surface area contributed by atoms with Crippen molar-refractivity contribution >= 4 is 5.97 Å². The number of ether oxygens (including phenoxy) is 1. The van der Waals surface area contributed by atoms with Crippen molar-refractivity contribution in [2.45, 2.75) is 26.7 Å². The summed E-state index contributed by atoms with van der Waals surface area (Å²) < 4.78 is 5.01. The second-order valence-electron chi connectivity index (χ2n) is 3.70. The lowest BCUT2D eigenvalue weighted by Gasteiger charge is -2.31. The molecular formula is C10H19NO2. The molecule has 0 bridgehead atoms. The van der Waals surface area contributed by atoms with Crippen LogP contribution in [0, 0.1) is 5.92 Å². The quantitative estimate of drug-likeness (QED) is 0.620. The molecule has 0 aromatic heterocycles. The normalized spacial score (nSPS) is 24.3. The maximum Gasteiger partial charge on any atom is 0.302 e. The fourth-order valence-corrected chi connectivity index (χ4v) is 1.81. The monoisotopic (exact) mass is 185 g/mol. The summed E-state index contributed by atoms with van der Waals surface area (Å²) in [6, 6.07) is 0. The lowest BCUT2D eigenvalue weighted by Crippen LogP contribution is -2.37. The molecule has 0 saturated carbocycles. The molecule has 1 saturated heterocycles. The summed E-state index contributed by atoms with van der Waals surface area (Å²) in [6.07, 6.45) is 2.43. The van der Waals surface area contributed by atoms with Gasteiger partial charge in [-0.1, -0.05) is 6.92 Å². The molecule has 1 aliphatic rings. The lowest BCUT2D eigenvalue weighted by molar-refractivity contribution is -0.142. The largest absolute Gasteiger partial charge is 0.466 e. The van der Waals surface area contributed by atoms with Crippen molar-refractivity contribution in [2.75, 3.05) is 26.2 Å². The van der Waals surface area contributed by atoms with Crippen molar-refractivity contribution < 1.29 is 9.53 Å². The Morgan fingerprint density at radius 2 is 2.38 bits per heavy atom. The second-order valence-corrected chi connectivity index (χ2v) is 3.70. The summed E-state index contributed by atoms with van der Waals surface area (Å²) in [6.45, 7) is 7.65. The predicted molar refractivity (Wildman–Crippen MR) is 51.5 cm³/mol. The fourth-order valence-electron chi connectivity index (χ4n) is 1.81. The molecule has 0 spiro atoms. The van der Waals surface area contributed by atoms with E-state index in [1.807, 2.05) is 0 Å². The van der Waals surface area contributed by atoms with E-state index >= 15 is 0 Å². The van der Waals surface area contributed by atoms with Gasteiger partial charge in [0.1, 0.15) is 0 Å². The number of piperidine rings is 1. The Kier molecular flexibility index (Phi) is 4.22. The van der Waals surface area contributed by atoms with Crippen LogP contribution in [0.15, 0.2) is 0 Å². The zero-order chi connectivity index (χ0) is 9.68. The summed E-state index contributed by atoms with van der Waals surface area (Å²) >= 11 is 0. The van der Waals surface area contributed by atoms with Gasteiger partial charge in [0, 0.05) is 19.4 Å². The first-order chi connectivity index (χ1) is 6.22. The molecule has 13 heavy (non-hydrogen) atoms. The van der Waals surface area contributed by atoms with Crippen molar-refractivity contribution in [2.24, 2.45) is 5.92 Å². The van der Waals surface area contributed by atoms with E-state index < -0.39 is 0 Å². The summed E-state index contributed by atoms with van der Waals surface area (Å²) in [5, 5.41) is 0. The van der Waals surface area contributed by atoms with E-state index in [9.17, 15) is 4.79 Å². The minimum absolute atomic E-state index is 0.159. The Bertz CT molecular complexity index is 170. The van der Waals surface area contributed by atoms with Crippen LogP contribution < -0.4 is 0 Å². The summed E-state index contributed by atoms with van der Waals surface area (Å²) in [7, 11) is 0. The van der Waals surface area contributed by atoms with Gasteiger partial charge in [-0.25, -0.2) is 0 Å². The first-order valence-electron chi connectivity index (χ1n) is 5.08. The molecular weight excluding hydrogens is 166 g/mol. The van der Waals surface area contributed by atoms with Crippen molar-refractivity contribution in [1.29, 1.82) is 0 Å². The third-order valence-corrected chi connectivity index (χ3v) is 2.57. The number of carbonyl (C=O) groups excluding carboxylic acids is 1. The standard InChI is InChI=1S/C10H19NO2/c1-3-11-6-4-5-10(7-11)8-13-9(2)12/h10H,3-8H2,1-2H3/t10-/m1/s1. The molecule has 1 fully saturated rings. The van der Waals surface area contributed by atoms with Gasteiger partial charge in [0.15, 0.2) is 0 Å². The van der Waals surface area contributed by atoms with Gasteiger partial charge in [0.05, 0.1) is 6.61 Å². The zero-order valence-electron chi connectivity index (χ0n) is 8.58. The molecule has 1 aliphatic heterocycles. The van der Waals surface area contributed by atoms with Crippen LogP contribution in [0.25, 0.3) is 0 Å². The average molecular weight is 185 g/mol. The van der Waals surface area contributed by atoms with E-state index in [2.05, 4.69) is 11.8 Å². The Morgan fingerprint density at radius 3 is 3.00 bits per heavy atom. The molecule has 1 rings (SSSR count). The SMILES string of the molecule is CCN1CCC[C@@H](COC(C)=O)C1. The molecule has 0 aliphatic carbocycles. The van der Waals surface area contributed by atoms with Crippen molar-refractivity contribution in [3.05, 3.63) is 0 Å². The molecule has 0 amide bonds. The molecule has 0 unspecified atom stereocenters. The number of likely N-dealkylation sites (tertiary alicyclic amines) is 1. The van der Waals surface area contributed by atoms with Gasteiger partial charge in [-0.3, -0.25) is 4.79 Å². The topological polar surface area (TPSA) is 29.5 Å². The van der Waals surface area contributed by atoms with Crippen LogP contribution in [0.3, 0.4) is 0 Å². The number of nitrogens with zero attached hydrogens (tertiary/aromatic N) is 1. The van der Waals surface area contributed by atoms with E-state index in [1.54, 1.807) is 0 Å². The minimum Gasteiger partial charge on any atom is -0.466 e. The molecule has 76 valence electrons. The minimum atomic E-state index is -0.159. The number of rotatable bonds is 3. The Labute approximate surface area is 80.1 Å². The van der Waals surface area contributed by atoms with E-state index in [0.717, 1.165) is 13.1 Å². The lowest BCUT2D eigenvalue weighted by atomic mass is 9.99. The average Bonchev–Trinajstić information content (AvgIpc) is 2.15. The van der Waals surface area contributed by atoms with Crippen molar-refractivity contribution in [3.8, 4) is 0 Å². The van der Waals surface area contributed by atoms with Gasteiger partial charge in [0.25, 0.3) is 0 Å². The summed E-state index contributed by atoms with van der Waals surface area (Å²) in [4.78, 5) is 13.0. The smallest absolute Gasteiger partial charge is 0.302 e. The van der Waals surface area contributed by atoms with Crippen LogP contribution in [0.5, 0.6) is 0 Å². The van der Waals surface area contributed by atoms with Crippen molar-refractivity contribution in [3.63, 3.8) is 0 Å². The maximum absolute atomic E-state index is 10.6. The molecule has 1 atom stereocenters. The van der Waals surface area contributed by atoms with E-state index in [1.165, 1.54) is 26.3 Å². The zero-order valence-corrected chi connectivity index (χ0v) is 8.58. The number of esters is 1. The van der Waals surface area contributed by atoms with Gasteiger partial charge in [-0.2, -0.15) is 0 Å². The highest BCUT2D eigenvalue weighted by Crippen LogP contribution is 2.16. The Balaban J connectivity index is 2.21. The van der Waals surface area contributed by atoms with Gasteiger partial charge < -0.3 is 9.64 Å². The highest BCUT2D eigenvalue weighted by Gasteiger charge is 2.19. The molecule has 3 heteroatoms. The van der Waals surface area contributed by atoms with E-state index in [-0.39, 0.29) is 5.97 Å². The molecule has 1 heterocycles. The Morgan fingerprint density at radius 1 is 1.62 bits per heavy atom. The third-order valence-electron chi connectivity index (χ3n) is 2.57. The number of hydrogen-bond donors (Lipinski definition) is 0. The third kappa shape index (κ3) is 3.77. The fraction of sp³-hybridized carbons (Fsp3) is 0.900. The highest BCUT2D eigenvalue weighted by atomic mass is 16.5. The Hall–Kier alpha value is -0.570. The van der Waals surface area contributed by atoms with Gasteiger partial charge in [-0.15, -0.1) is 0 Å². The van der Waals surface area contributed by atoms with E-state index in [4.69, 9.17) is 4.74 Å². The molecule has 0 aromatic rings. The van der Waals surface area contributed by atoms with Crippen LogP contribution in [0.4, 0.5) is 0 Å². The number of hydrogen-bond acceptors (Lipinski definition) is 3. The van der Waals surface area contributed by atoms with Crippen LogP contribution in [0.2, 0.25) is 0 Å². The predicted octanol–water partition coefficient (Wildman–Crippen LogP) is 1.28.